The van der Waals surface area contributed by atoms with Crippen molar-refractivity contribution in [2.24, 2.45) is 29.1 Å². The lowest BCUT2D eigenvalue weighted by atomic mass is 9.26. The van der Waals surface area contributed by atoms with Gasteiger partial charge in [0.25, 0.3) is 0 Å². The lowest BCUT2D eigenvalue weighted by molar-refractivity contribution is -0.235. The zero-order valence-electron chi connectivity index (χ0n) is 26.6. The fourth-order valence-corrected chi connectivity index (χ4v) is 12.1. The average Bonchev–Trinajstić information content (AvgIpc) is 3.56. The number of benzene rings is 4. The summed E-state index contributed by atoms with van der Waals surface area (Å²) in [6.07, 6.45) is 8.13. The van der Waals surface area contributed by atoms with Crippen LogP contribution in [0.15, 0.2) is 91.0 Å². The molecule has 4 fully saturated rings. The van der Waals surface area contributed by atoms with Crippen molar-refractivity contribution < 1.29 is 4.74 Å². The van der Waals surface area contributed by atoms with Crippen molar-refractivity contribution >= 4 is 17.1 Å². The predicted octanol–water partition coefficient (Wildman–Crippen LogP) is 11.0. The molecule has 4 aromatic rings. The standard InChI is InChI=1S/C42H43NO/c1-39(2)20-21-40(3,4)37-30(39)15-10-17-32(37)43(28-12-6-5-7-13-28)33-18-11-16-31-38(33)44-34-19-9-8-14-29(34)42(31)35-23-26-22-27-24-36(42)41(27,35)25-26/h5-19,26-27,35-36H,20-25H2,1-4H3. The topological polar surface area (TPSA) is 12.5 Å². The maximum Gasteiger partial charge on any atom is 0.155 e. The summed E-state index contributed by atoms with van der Waals surface area (Å²) >= 11 is 0. The van der Waals surface area contributed by atoms with E-state index in [4.69, 9.17) is 4.74 Å². The third-order valence-electron chi connectivity index (χ3n) is 13.8. The number of fused-ring (bicyclic) bond motifs is 8. The Bertz CT molecular complexity index is 1850. The van der Waals surface area contributed by atoms with Crippen LogP contribution in [0.1, 0.15) is 88.5 Å². The average molecular weight is 578 g/mol. The first kappa shape index (κ1) is 25.8. The second-order valence-corrected chi connectivity index (χ2v) is 16.5. The second-order valence-electron chi connectivity index (χ2n) is 16.5. The van der Waals surface area contributed by atoms with Crippen LogP contribution >= 0.6 is 0 Å². The van der Waals surface area contributed by atoms with Crippen LogP contribution in [-0.4, -0.2) is 0 Å². The molecule has 0 saturated heterocycles. The Hall–Kier alpha value is -3.52. The summed E-state index contributed by atoms with van der Waals surface area (Å²) in [6.45, 7) is 9.76. The maximum atomic E-state index is 7.15. The van der Waals surface area contributed by atoms with Crippen molar-refractivity contribution in [1.29, 1.82) is 0 Å². The molecule has 2 spiro atoms. The second kappa shape index (κ2) is 8.19. The van der Waals surface area contributed by atoms with Crippen LogP contribution < -0.4 is 9.64 Å². The van der Waals surface area contributed by atoms with Gasteiger partial charge in [-0.3, -0.25) is 0 Å². The summed E-state index contributed by atoms with van der Waals surface area (Å²) in [5, 5.41) is 0. The Morgan fingerprint density at radius 3 is 2.14 bits per heavy atom. The molecule has 2 bridgehead atoms. The van der Waals surface area contributed by atoms with E-state index in [0.29, 0.717) is 5.41 Å². The number of hydrogen-bond acceptors (Lipinski definition) is 2. The van der Waals surface area contributed by atoms with E-state index in [2.05, 4.69) is 124 Å². The minimum atomic E-state index is 0.0718. The molecular weight excluding hydrogens is 534 g/mol. The van der Waals surface area contributed by atoms with Gasteiger partial charge < -0.3 is 9.64 Å². The fraction of sp³-hybridized carbons (Fsp3) is 0.429. The molecule has 44 heavy (non-hydrogen) atoms. The smallest absolute Gasteiger partial charge is 0.155 e. The molecule has 0 amide bonds. The molecule has 10 rings (SSSR count). The van der Waals surface area contributed by atoms with Gasteiger partial charge in [0.1, 0.15) is 5.75 Å². The first-order valence-electron chi connectivity index (χ1n) is 17.2. The van der Waals surface area contributed by atoms with E-state index in [9.17, 15) is 0 Å². The molecule has 6 unspecified atom stereocenters. The number of hydrogen-bond donors (Lipinski definition) is 0. The van der Waals surface area contributed by atoms with E-state index in [1.165, 1.54) is 77.8 Å². The van der Waals surface area contributed by atoms with E-state index < -0.39 is 0 Å². The molecule has 1 heterocycles. The van der Waals surface area contributed by atoms with Crippen molar-refractivity contribution in [3.05, 3.63) is 113 Å². The van der Waals surface area contributed by atoms with Gasteiger partial charge in [-0.1, -0.05) is 88.4 Å². The Morgan fingerprint density at radius 2 is 1.32 bits per heavy atom. The highest BCUT2D eigenvalue weighted by molar-refractivity contribution is 5.86. The Balaban J connectivity index is 1.24. The molecular formula is C42H43NO. The van der Waals surface area contributed by atoms with E-state index in [0.717, 1.165) is 35.2 Å². The summed E-state index contributed by atoms with van der Waals surface area (Å²) < 4.78 is 7.15. The Kier molecular flexibility index (Phi) is 4.80. The van der Waals surface area contributed by atoms with Gasteiger partial charge in [0.15, 0.2) is 5.75 Å². The lowest BCUT2D eigenvalue weighted by Crippen LogP contribution is -2.74. The molecule has 222 valence electrons. The lowest BCUT2D eigenvalue weighted by Gasteiger charge is -2.77. The highest BCUT2D eigenvalue weighted by Crippen LogP contribution is 2.89. The van der Waals surface area contributed by atoms with Gasteiger partial charge in [-0.25, -0.2) is 0 Å². The van der Waals surface area contributed by atoms with Gasteiger partial charge in [0.2, 0.25) is 0 Å². The molecule has 4 saturated carbocycles. The summed E-state index contributed by atoms with van der Waals surface area (Å²) in [7, 11) is 0. The quantitative estimate of drug-likeness (QED) is 0.240. The molecule has 6 aliphatic rings. The molecule has 2 heteroatoms. The number of rotatable bonds is 3. The van der Waals surface area contributed by atoms with E-state index >= 15 is 0 Å². The van der Waals surface area contributed by atoms with Crippen LogP contribution in [0.2, 0.25) is 0 Å². The zero-order valence-corrected chi connectivity index (χ0v) is 26.6. The highest BCUT2D eigenvalue weighted by atomic mass is 16.5. The normalized spacial score (nSPS) is 33.6. The molecule has 1 aliphatic heterocycles. The van der Waals surface area contributed by atoms with Crippen molar-refractivity contribution in [1.82, 2.24) is 0 Å². The molecule has 5 aliphatic carbocycles. The fourth-order valence-electron chi connectivity index (χ4n) is 12.1. The van der Waals surface area contributed by atoms with Crippen LogP contribution in [0.3, 0.4) is 0 Å². The van der Waals surface area contributed by atoms with Crippen LogP contribution in [0.4, 0.5) is 17.1 Å². The van der Waals surface area contributed by atoms with Gasteiger partial charge in [0, 0.05) is 22.2 Å². The van der Waals surface area contributed by atoms with Gasteiger partial charge >= 0.3 is 0 Å². The molecule has 0 N–H and O–H groups in total. The number of ether oxygens (including phenoxy) is 1. The monoisotopic (exact) mass is 577 g/mol. The largest absolute Gasteiger partial charge is 0.455 e. The van der Waals surface area contributed by atoms with Crippen molar-refractivity contribution in [3.8, 4) is 11.5 Å². The van der Waals surface area contributed by atoms with Crippen LogP contribution in [0.25, 0.3) is 0 Å². The van der Waals surface area contributed by atoms with Gasteiger partial charge in [-0.05, 0) is 120 Å². The van der Waals surface area contributed by atoms with Gasteiger partial charge in [-0.2, -0.15) is 0 Å². The molecule has 0 radical (unpaired) electrons. The minimum absolute atomic E-state index is 0.0718. The molecule has 4 aromatic carbocycles. The first-order valence-corrected chi connectivity index (χ1v) is 17.2. The van der Waals surface area contributed by atoms with Crippen molar-refractivity contribution in [2.75, 3.05) is 4.90 Å². The number of para-hydroxylation sites is 3. The third-order valence-corrected chi connectivity index (χ3v) is 13.8. The summed E-state index contributed by atoms with van der Waals surface area (Å²) in [5.74, 6) is 5.54. The zero-order chi connectivity index (χ0) is 29.6. The Morgan fingerprint density at radius 1 is 0.636 bits per heavy atom. The number of anilines is 3. The van der Waals surface area contributed by atoms with Crippen LogP contribution in [0, 0.1) is 29.1 Å². The van der Waals surface area contributed by atoms with E-state index in [-0.39, 0.29) is 16.2 Å². The number of nitrogens with zero attached hydrogens (tertiary/aromatic N) is 1. The predicted molar refractivity (Wildman–Crippen MR) is 179 cm³/mol. The van der Waals surface area contributed by atoms with Crippen molar-refractivity contribution in [3.63, 3.8) is 0 Å². The van der Waals surface area contributed by atoms with Gasteiger partial charge in [0.05, 0.1) is 11.4 Å². The SMILES string of the molecule is CC1(C)CCC(C)(C)c2c(N(c3ccccc3)c3cccc4c3Oc3ccccc3C43C4CC5CC6CC3C64C5)cccc21. The summed E-state index contributed by atoms with van der Waals surface area (Å²) in [5.41, 5.74) is 10.4. The molecule has 2 nitrogen and oxygen atoms in total. The first-order chi connectivity index (χ1) is 21.3. The minimum Gasteiger partial charge on any atom is -0.455 e. The molecule has 6 atom stereocenters. The summed E-state index contributed by atoms with van der Waals surface area (Å²) in [6, 6.07) is 34.3. The highest BCUT2D eigenvalue weighted by Gasteiger charge is 2.84. The van der Waals surface area contributed by atoms with Crippen molar-refractivity contribution in [2.45, 2.75) is 82.5 Å². The van der Waals surface area contributed by atoms with Crippen LogP contribution in [-0.2, 0) is 16.2 Å². The molecule has 0 aromatic heterocycles. The summed E-state index contributed by atoms with van der Waals surface area (Å²) in [4.78, 5) is 2.54. The van der Waals surface area contributed by atoms with Crippen LogP contribution in [0.5, 0.6) is 11.5 Å². The van der Waals surface area contributed by atoms with Gasteiger partial charge in [-0.15, -0.1) is 0 Å². The van der Waals surface area contributed by atoms with E-state index in [1.807, 2.05) is 0 Å². The third kappa shape index (κ3) is 2.86. The maximum absolute atomic E-state index is 7.15. The van der Waals surface area contributed by atoms with E-state index in [1.54, 1.807) is 0 Å². The Labute approximate surface area is 262 Å².